The Morgan fingerprint density at radius 1 is 0.833 bits per heavy atom. The van der Waals surface area contributed by atoms with Gasteiger partial charge < -0.3 is 10.2 Å². The Kier molecular flexibility index (Phi) is 7.82. The molecule has 0 aromatic heterocycles. The number of nitrogens with zero attached hydrogens (tertiary/aromatic N) is 3. The molecule has 3 rings (SSSR count). The van der Waals surface area contributed by atoms with Gasteiger partial charge >= 0.3 is 0 Å². The number of benzene rings is 2. The van der Waals surface area contributed by atoms with Crippen LogP contribution in [0.2, 0.25) is 0 Å². The molecule has 1 aliphatic rings. The predicted molar refractivity (Wildman–Crippen MR) is 124 cm³/mol. The van der Waals surface area contributed by atoms with Gasteiger partial charge in [0.05, 0.1) is 13.1 Å². The minimum absolute atomic E-state index is 0.0470. The Morgan fingerprint density at radius 2 is 1.27 bits per heavy atom. The second-order valence-electron chi connectivity index (χ2n) is 7.97. The van der Waals surface area contributed by atoms with Gasteiger partial charge in [-0.1, -0.05) is 67.4 Å². The third kappa shape index (κ3) is 4.12. The molecule has 0 saturated heterocycles. The molecule has 5 nitrogen and oxygen atoms in total. The zero-order chi connectivity index (χ0) is 21.7. The van der Waals surface area contributed by atoms with E-state index in [1.165, 1.54) is 0 Å². The Labute approximate surface area is 185 Å². The van der Waals surface area contributed by atoms with E-state index in [2.05, 4.69) is 48.1 Å². The molecule has 30 heavy (non-hydrogen) atoms. The average molecular weight is 431 g/mol. The molecular formula is C24H36N3O2S+. The van der Waals surface area contributed by atoms with Crippen molar-refractivity contribution in [1.82, 2.24) is 5.01 Å². The third-order valence-corrected chi connectivity index (χ3v) is 6.95. The topological polar surface area (TPSA) is 46.9 Å². The Hall–Kier alpha value is -1.57. The molecule has 6 heteroatoms. The zero-order valence-electron chi connectivity index (χ0n) is 18.7. The minimum Gasteiger partial charge on any atom is -0.342 e. The van der Waals surface area contributed by atoms with Crippen LogP contribution >= 0.6 is 11.8 Å². The van der Waals surface area contributed by atoms with Crippen molar-refractivity contribution in [3.63, 3.8) is 0 Å². The number of aliphatic hydroxyl groups is 2. The molecule has 2 atom stereocenters. The number of rotatable bonds is 10. The van der Waals surface area contributed by atoms with Crippen LogP contribution in [-0.2, 0) is 0 Å². The van der Waals surface area contributed by atoms with Crippen molar-refractivity contribution in [2.75, 3.05) is 18.1 Å². The van der Waals surface area contributed by atoms with Crippen molar-refractivity contribution >= 4 is 23.1 Å². The van der Waals surface area contributed by atoms with Gasteiger partial charge in [-0.05, 0) is 37.1 Å². The van der Waals surface area contributed by atoms with Crippen LogP contribution in [0.25, 0.3) is 0 Å². The number of hydrogen-bond donors (Lipinski definition) is 2. The van der Waals surface area contributed by atoms with Crippen LogP contribution in [0.4, 0.5) is 11.4 Å². The van der Waals surface area contributed by atoms with Crippen LogP contribution in [0.3, 0.4) is 0 Å². The largest absolute Gasteiger partial charge is 0.342 e. The van der Waals surface area contributed by atoms with Crippen molar-refractivity contribution in [2.45, 2.75) is 75.6 Å². The molecular weight excluding hydrogens is 394 g/mol. The van der Waals surface area contributed by atoms with Crippen molar-refractivity contribution in [1.29, 1.82) is 0 Å². The van der Waals surface area contributed by atoms with Gasteiger partial charge in [0.1, 0.15) is 11.4 Å². The highest BCUT2D eigenvalue weighted by Gasteiger charge is 2.53. The number of anilines is 2. The summed E-state index contributed by atoms with van der Waals surface area (Å²) in [6.07, 6.45) is 2.48. The van der Waals surface area contributed by atoms with Crippen LogP contribution in [0.1, 0.15) is 53.4 Å². The van der Waals surface area contributed by atoms with E-state index in [-0.39, 0.29) is 4.70 Å². The van der Waals surface area contributed by atoms with E-state index in [4.69, 9.17) is 0 Å². The number of para-hydroxylation sites is 2. The second kappa shape index (κ2) is 10.2. The van der Waals surface area contributed by atoms with Crippen molar-refractivity contribution < 1.29 is 14.9 Å². The summed E-state index contributed by atoms with van der Waals surface area (Å²) in [6, 6.07) is 16.6. The Bertz CT molecular complexity index is 766. The summed E-state index contributed by atoms with van der Waals surface area (Å²) in [5, 5.41) is 27.1. The second-order valence-corrected chi connectivity index (χ2v) is 9.06. The Morgan fingerprint density at radius 3 is 1.67 bits per heavy atom. The van der Waals surface area contributed by atoms with Crippen molar-refractivity contribution in [3.05, 3.63) is 48.5 Å². The molecule has 1 aliphatic heterocycles. The fourth-order valence-electron chi connectivity index (χ4n) is 4.39. The van der Waals surface area contributed by atoms with Gasteiger partial charge in [0.15, 0.2) is 0 Å². The maximum atomic E-state index is 11.3. The maximum Gasteiger partial charge on any atom is 0.231 e. The van der Waals surface area contributed by atoms with Gasteiger partial charge in [-0.15, -0.1) is 5.01 Å². The minimum atomic E-state index is -0.831. The molecule has 0 radical (unpaired) electrons. The molecule has 0 spiro atoms. The molecule has 2 N–H and O–H groups in total. The summed E-state index contributed by atoms with van der Waals surface area (Å²) in [5.41, 5.74) is 2.03. The molecule has 2 unspecified atom stereocenters. The summed E-state index contributed by atoms with van der Waals surface area (Å²) >= 11 is 1.74. The molecule has 0 aliphatic carbocycles. The van der Waals surface area contributed by atoms with Crippen LogP contribution < -0.4 is 5.01 Å². The van der Waals surface area contributed by atoms with Gasteiger partial charge in [-0.25, -0.2) is 0 Å². The SMILES string of the molecule is CCCCN(CCCC)[N+](C(C)O)(C(C)O)N1c2ccccc2Sc2ccccc21. The van der Waals surface area contributed by atoms with Crippen molar-refractivity contribution in [3.8, 4) is 0 Å². The van der Waals surface area contributed by atoms with E-state index in [0.717, 1.165) is 59.9 Å². The first kappa shape index (κ1) is 23.1. The van der Waals surface area contributed by atoms with E-state index >= 15 is 0 Å². The smallest absolute Gasteiger partial charge is 0.231 e. The lowest BCUT2D eigenvalue weighted by atomic mass is 10.2. The van der Waals surface area contributed by atoms with Gasteiger partial charge in [0.25, 0.3) is 0 Å². The first-order valence-corrected chi connectivity index (χ1v) is 12.0. The highest BCUT2D eigenvalue weighted by molar-refractivity contribution is 7.99. The van der Waals surface area contributed by atoms with Gasteiger partial charge in [-0.3, -0.25) is 0 Å². The molecule has 164 valence electrons. The Balaban J connectivity index is 2.26. The number of hydrogen-bond acceptors (Lipinski definition) is 5. The summed E-state index contributed by atoms with van der Waals surface area (Å²) in [6.45, 7) is 9.56. The van der Waals surface area contributed by atoms with Crippen molar-refractivity contribution in [2.24, 2.45) is 0 Å². The average Bonchev–Trinajstić information content (AvgIpc) is 2.74. The maximum absolute atomic E-state index is 11.3. The molecule has 1 heterocycles. The quantitative estimate of drug-likeness (QED) is 0.295. The number of unbranched alkanes of at least 4 members (excludes halogenated alkanes) is 2. The van der Waals surface area contributed by atoms with Gasteiger partial charge in [0.2, 0.25) is 12.5 Å². The molecule has 0 bridgehead atoms. The lowest BCUT2D eigenvalue weighted by Gasteiger charge is -2.55. The van der Waals surface area contributed by atoms with E-state index in [9.17, 15) is 10.2 Å². The van der Waals surface area contributed by atoms with Crippen LogP contribution in [-0.4, -0.2) is 45.5 Å². The summed E-state index contributed by atoms with van der Waals surface area (Å²) in [7, 11) is 0. The molecule has 2 aromatic carbocycles. The number of fused-ring (bicyclic) bond motifs is 2. The first-order chi connectivity index (χ1) is 14.5. The van der Waals surface area contributed by atoms with Crippen LogP contribution in [0, 0.1) is 0 Å². The summed E-state index contributed by atoms with van der Waals surface area (Å²) in [4.78, 5) is 2.26. The van der Waals surface area contributed by atoms with Gasteiger partial charge in [0, 0.05) is 23.6 Å². The van der Waals surface area contributed by atoms with E-state index in [0.29, 0.717) is 0 Å². The van der Waals surface area contributed by atoms with Gasteiger partial charge in [-0.2, -0.15) is 5.01 Å². The first-order valence-electron chi connectivity index (χ1n) is 11.1. The standard InChI is InChI=1S/C24H36N3O2S/c1-5-7-17-25(18-8-6-2)27(19(3)28,20(4)29)26-21-13-9-11-15-23(21)30-24-16-12-10-14-22(24)26/h9-16,19-20,28-29H,5-8,17-18H2,1-4H3/q+1. The third-order valence-electron chi connectivity index (χ3n) is 5.82. The molecule has 0 saturated carbocycles. The highest BCUT2D eigenvalue weighted by Crippen LogP contribution is 2.51. The summed E-state index contributed by atoms with van der Waals surface area (Å²) < 4.78 is -0.0470. The zero-order valence-corrected chi connectivity index (χ0v) is 19.5. The lowest BCUT2D eigenvalue weighted by molar-refractivity contribution is -1.10. The van der Waals surface area contributed by atoms with E-state index in [1.807, 2.05) is 24.3 Å². The molecule has 0 fully saturated rings. The number of aliphatic hydroxyl groups excluding tert-OH is 2. The monoisotopic (exact) mass is 430 g/mol. The molecule has 2 aromatic rings. The predicted octanol–water partition coefficient (Wildman–Crippen LogP) is 5.51. The summed E-state index contributed by atoms with van der Waals surface area (Å²) in [5.74, 6) is 0. The van der Waals surface area contributed by atoms with Crippen LogP contribution in [0.15, 0.2) is 58.3 Å². The van der Waals surface area contributed by atoms with E-state index in [1.54, 1.807) is 25.6 Å². The van der Waals surface area contributed by atoms with E-state index < -0.39 is 12.5 Å². The number of quaternary nitrogens is 1. The molecule has 0 amide bonds. The fourth-order valence-corrected chi connectivity index (χ4v) is 5.44. The highest BCUT2D eigenvalue weighted by atomic mass is 32.2. The normalized spacial score (nSPS) is 17.2. The fraction of sp³-hybridized carbons (Fsp3) is 0.500. The lowest BCUT2D eigenvalue weighted by Crippen LogP contribution is -2.75. The van der Waals surface area contributed by atoms with Crippen LogP contribution in [0.5, 0.6) is 0 Å².